The van der Waals surface area contributed by atoms with Gasteiger partial charge in [0, 0.05) is 22.9 Å². The number of aromatic nitrogens is 1. The highest BCUT2D eigenvalue weighted by atomic mass is 16.5. The van der Waals surface area contributed by atoms with Crippen LogP contribution in [-0.2, 0) is 9.59 Å². The molecular weight excluding hydrogens is 360 g/mol. The number of carbonyl (C=O) groups is 2. The van der Waals surface area contributed by atoms with E-state index < -0.39 is 11.7 Å². The molecule has 0 spiro atoms. The Balaban J connectivity index is 1.62. The lowest BCUT2D eigenvalue weighted by atomic mass is 10.1. The smallest absolute Gasteiger partial charge is 0.299 e. The number of aliphatic hydroxyl groups excluding tert-OH is 1. The average Bonchev–Trinajstić information content (AvgIpc) is 3.37. The third-order valence-electron chi connectivity index (χ3n) is 4.59. The normalized spacial score (nSPS) is 15.8. The Morgan fingerprint density at radius 3 is 2.39 bits per heavy atom. The number of anilines is 1. The van der Waals surface area contributed by atoms with Crippen LogP contribution in [0.1, 0.15) is 5.56 Å². The van der Waals surface area contributed by atoms with Crippen molar-refractivity contribution in [2.75, 3.05) is 18.6 Å². The molecule has 2 heterocycles. The summed E-state index contributed by atoms with van der Waals surface area (Å²) in [6, 6.07) is 15.4. The van der Waals surface area contributed by atoms with Crippen LogP contribution in [0.5, 0.6) is 5.75 Å². The van der Waals surface area contributed by atoms with Crippen molar-refractivity contribution >= 4 is 23.1 Å². The maximum Gasteiger partial charge on any atom is 0.299 e. The van der Waals surface area contributed by atoms with Crippen molar-refractivity contribution in [3.63, 3.8) is 0 Å². The third-order valence-corrected chi connectivity index (χ3v) is 4.59. The number of amides is 1. The van der Waals surface area contributed by atoms with Crippen LogP contribution >= 0.6 is 0 Å². The van der Waals surface area contributed by atoms with Crippen LogP contribution in [0.2, 0.25) is 0 Å². The Labute approximate surface area is 160 Å². The summed E-state index contributed by atoms with van der Waals surface area (Å²) < 4.78 is 9.91. The first-order valence-electron chi connectivity index (χ1n) is 8.52. The van der Waals surface area contributed by atoms with Crippen LogP contribution in [0.3, 0.4) is 0 Å². The minimum absolute atomic E-state index is 0.00115. The Morgan fingerprint density at radius 2 is 1.79 bits per heavy atom. The molecule has 3 aromatic rings. The summed E-state index contributed by atoms with van der Waals surface area (Å²) in [6.45, 7) is -0.00115. The number of methoxy groups -OCH3 is 1. The van der Waals surface area contributed by atoms with Crippen molar-refractivity contribution in [2.24, 2.45) is 0 Å². The zero-order valence-electron chi connectivity index (χ0n) is 15.0. The van der Waals surface area contributed by atoms with Gasteiger partial charge in [-0.25, -0.2) is 0 Å². The molecule has 28 heavy (non-hydrogen) atoms. The summed E-state index contributed by atoms with van der Waals surface area (Å²) in [5, 5.41) is 14.4. The monoisotopic (exact) mass is 376 g/mol. The van der Waals surface area contributed by atoms with E-state index in [9.17, 15) is 14.7 Å². The number of rotatable bonds is 4. The standard InChI is InChI=1S/C21H16N2O5/c1-27-16-8-4-14(5-9-16)19(24)17-12-23(21(26)20(17)25)15-6-2-13(3-7-15)18-10-11-28-22-18/h2-11,24H,12H2,1H3. The van der Waals surface area contributed by atoms with Gasteiger partial charge in [-0.3, -0.25) is 9.59 Å². The van der Waals surface area contributed by atoms with Gasteiger partial charge in [0.1, 0.15) is 23.5 Å². The summed E-state index contributed by atoms with van der Waals surface area (Å²) in [5.41, 5.74) is 2.57. The molecule has 2 aromatic carbocycles. The number of ketones is 1. The summed E-state index contributed by atoms with van der Waals surface area (Å²) >= 11 is 0. The van der Waals surface area contributed by atoms with E-state index >= 15 is 0 Å². The van der Waals surface area contributed by atoms with Gasteiger partial charge in [0.15, 0.2) is 0 Å². The summed E-state index contributed by atoms with van der Waals surface area (Å²) in [5.74, 6) is -0.968. The van der Waals surface area contributed by atoms with E-state index in [0.29, 0.717) is 22.7 Å². The van der Waals surface area contributed by atoms with Crippen molar-refractivity contribution in [1.82, 2.24) is 5.16 Å². The van der Waals surface area contributed by atoms with E-state index in [-0.39, 0.29) is 17.9 Å². The van der Waals surface area contributed by atoms with Crippen molar-refractivity contribution in [3.05, 3.63) is 72.0 Å². The second-order valence-corrected chi connectivity index (χ2v) is 6.21. The highest BCUT2D eigenvalue weighted by molar-refractivity contribution is 6.51. The molecule has 7 nitrogen and oxygen atoms in total. The van der Waals surface area contributed by atoms with Crippen molar-refractivity contribution in [1.29, 1.82) is 0 Å². The fraction of sp³-hybridized carbons (Fsp3) is 0.0952. The number of hydrogen-bond donors (Lipinski definition) is 1. The van der Waals surface area contributed by atoms with Crippen molar-refractivity contribution in [2.45, 2.75) is 0 Å². The molecular formula is C21H16N2O5. The van der Waals surface area contributed by atoms with E-state index in [1.54, 1.807) is 54.6 Å². The minimum Gasteiger partial charge on any atom is -0.507 e. The Bertz CT molecular complexity index is 1050. The van der Waals surface area contributed by atoms with Crippen LogP contribution < -0.4 is 9.64 Å². The summed E-state index contributed by atoms with van der Waals surface area (Å²) in [6.07, 6.45) is 1.48. The molecule has 0 bridgehead atoms. The Kier molecular flexibility index (Phi) is 4.41. The fourth-order valence-corrected chi connectivity index (χ4v) is 3.04. The molecule has 1 aliphatic rings. The number of nitrogens with zero attached hydrogens (tertiary/aromatic N) is 2. The third kappa shape index (κ3) is 3.03. The quantitative estimate of drug-likeness (QED) is 0.427. The Morgan fingerprint density at radius 1 is 1.07 bits per heavy atom. The van der Waals surface area contributed by atoms with Gasteiger partial charge in [-0.1, -0.05) is 17.3 Å². The average molecular weight is 376 g/mol. The molecule has 1 saturated heterocycles. The molecule has 1 amide bonds. The fourth-order valence-electron chi connectivity index (χ4n) is 3.04. The first-order chi connectivity index (χ1) is 13.6. The molecule has 140 valence electrons. The minimum atomic E-state index is -0.714. The van der Waals surface area contributed by atoms with E-state index in [1.165, 1.54) is 18.3 Å². The van der Waals surface area contributed by atoms with E-state index in [4.69, 9.17) is 9.26 Å². The molecule has 7 heteroatoms. The maximum atomic E-state index is 12.4. The highest BCUT2D eigenvalue weighted by Crippen LogP contribution is 2.29. The van der Waals surface area contributed by atoms with Crippen molar-refractivity contribution < 1.29 is 24.0 Å². The zero-order valence-corrected chi connectivity index (χ0v) is 15.0. The van der Waals surface area contributed by atoms with Gasteiger partial charge < -0.3 is 19.3 Å². The molecule has 0 aliphatic carbocycles. The molecule has 1 aliphatic heterocycles. The number of aliphatic hydroxyl groups is 1. The lowest BCUT2D eigenvalue weighted by molar-refractivity contribution is -0.132. The van der Waals surface area contributed by atoms with Gasteiger partial charge in [0.25, 0.3) is 11.7 Å². The van der Waals surface area contributed by atoms with Crippen molar-refractivity contribution in [3.8, 4) is 17.0 Å². The predicted octanol–water partition coefficient (Wildman–Crippen LogP) is 3.24. The van der Waals surface area contributed by atoms with Crippen LogP contribution in [0, 0.1) is 0 Å². The number of ether oxygens (including phenoxy) is 1. The van der Waals surface area contributed by atoms with Gasteiger partial charge >= 0.3 is 0 Å². The molecule has 4 rings (SSSR count). The topological polar surface area (TPSA) is 92.9 Å². The summed E-state index contributed by atoms with van der Waals surface area (Å²) in [7, 11) is 1.54. The van der Waals surface area contributed by atoms with Gasteiger partial charge in [-0.05, 0) is 36.4 Å². The van der Waals surface area contributed by atoms with Crippen LogP contribution in [-0.4, -0.2) is 35.6 Å². The van der Waals surface area contributed by atoms with Gasteiger partial charge in [-0.15, -0.1) is 0 Å². The Hall–Kier alpha value is -3.87. The van der Waals surface area contributed by atoms with Crippen LogP contribution in [0.25, 0.3) is 17.0 Å². The van der Waals surface area contributed by atoms with E-state index in [1.807, 2.05) is 0 Å². The first-order valence-corrected chi connectivity index (χ1v) is 8.52. The van der Waals surface area contributed by atoms with Gasteiger partial charge in [0.05, 0.1) is 19.2 Å². The number of carbonyl (C=O) groups excluding carboxylic acids is 2. The SMILES string of the molecule is COc1ccc(C(O)=C2CN(c3ccc(-c4ccon4)cc3)C(=O)C2=O)cc1. The summed E-state index contributed by atoms with van der Waals surface area (Å²) in [4.78, 5) is 26.2. The largest absolute Gasteiger partial charge is 0.507 e. The zero-order chi connectivity index (χ0) is 19.7. The molecule has 1 aromatic heterocycles. The second-order valence-electron chi connectivity index (χ2n) is 6.21. The van der Waals surface area contributed by atoms with Crippen LogP contribution in [0.15, 0.2) is 71.0 Å². The predicted molar refractivity (Wildman–Crippen MR) is 102 cm³/mol. The first kappa shape index (κ1) is 17.5. The maximum absolute atomic E-state index is 12.4. The molecule has 0 radical (unpaired) electrons. The number of hydrogen-bond acceptors (Lipinski definition) is 6. The number of Topliss-reactive ketones (excluding diaryl/α,β-unsaturated/α-hetero) is 1. The number of benzene rings is 2. The van der Waals surface area contributed by atoms with E-state index in [0.717, 1.165) is 5.56 Å². The van der Waals surface area contributed by atoms with E-state index in [2.05, 4.69) is 5.16 Å². The highest BCUT2D eigenvalue weighted by Gasteiger charge is 2.37. The van der Waals surface area contributed by atoms with Gasteiger partial charge in [0.2, 0.25) is 0 Å². The molecule has 1 fully saturated rings. The molecule has 1 N–H and O–H groups in total. The van der Waals surface area contributed by atoms with Crippen LogP contribution in [0.4, 0.5) is 5.69 Å². The van der Waals surface area contributed by atoms with Gasteiger partial charge in [-0.2, -0.15) is 0 Å². The molecule has 0 atom stereocenters. The lowest BCUT2D eigenvalue weighted by Crippen LogP contribution is -2.26. The molecule has 0 saturated carbocycles. The molecule has 0 unspecified atom stereocenters. The lowest BCUT2D eigenvalue weighted by Gasteiger charge is -2.14. The second kappa shape index (κ2) is 7.03.